The number of aliphatic hydroxyl groups is 1. The third-order valence-corrected chi connectivity index (χ3v) is 2.38. The standard InChI is InChI=1S/C11H16ClNO2/c1-11(14,8-13)5-6-15-10-4-2-3-9(12)7-10/h2-4,7,14H,5-6,8,13H2,1H3. The third-order valence-electron chi connectivity index (χ3n) is 2.15. The van der Waals surface area contributed by atoms with Gasteiger partial charge in [0.2, 0.25) is 0 Å². The predicted octanol–water partition coefficient (Wildman–Crippen LogP) is 1.82. The average molecular weight is 230 g/mol. The van der Waals surface area contributed by atoms with Crippen molar-refractivity contribution in [2.75, 3.05) is 13.2 Å². The molecule has 0 aliphatic rings. The number of halogens is 1. The van der Waals surface area contributed by atoms with E-state index in [1.807, 2.05) is 12.1 Å². The first kappa shape index (κ1) is 12.3. The van der Waals surface area contributed by atoms with Crippen molar-refractivity contribution in [3.05, 3.63) is 29.3 Å². The molecule has 0 saturated heterocycles. The monoisotopic (exact) mass is 229 g/mol. The molecule has 1 rings (SSSR count). The van der Waals surface area contributed by atoms with Crippen LogP contribution in [-0.4, -0.2) is 23.9 Å². The fourth-order valence-corrected chi connectivity index (χ4v) is 1.23. The number of benzene rings is 1. The highest BCUT2D eigenvalue weighted by Crippen LogP contribution is 2.18. The molecular formula is C11H16ClNO2. The zero-order valence-electron chi connectivity index (χ0n) is 8.74. The van der Waals surface area contributed by atoms with Gasteiger partial charge in [0.1, 0.15) is 5.75 Å². The van der Waals surface area contributed by atoms with Crippen LogP contribution >= 0.6 is 11.6 Å². The summed E-state index contributed by atoms with van der Waals surface area (Å²) in [6, 6.07) is 7.16. The Hall–Kier alpha value is -0.770. The molecule has 1 unspecified atom stereocenters. The van der Waals surface area contributed by atoms with E-state index in [4.69, 9.17) is 22.1 Å². The molecule has 84 valence electrons. The van der Waals surface area contributed by atoms with E-state index in [-0.39, 0.29) is 6.54 Å². The van der Waals surface area contributed by atoms with Gasteiger partial charge in [0, 0.05) is 18.0 Å². The maximum atomic E-state index is 9.62. The molecule has 15 heavy (non-hydrogen) atoms. The number of ether oxygens (including phenoxy) is 1. The van der Waals surface area contributed by atoms with Crippen LogP contribution < -0.4 is 10.5 Å². The molecule has 0 amide bonds. The van der Waals surface area contributed by atoms with Crippen LogP contribution in [-0.2, 0) is 0 Å². The van der Waals surface area contributed by atoms with Crippen molar-refractivity contribution >= 4 is 11.6 Å². The molecule has 0 fully saturated rings. The Kier molecular flexibility index (Phi) is 4.39. The zero-order valence-corrected chi connectivity index (χ0v) is 9.50. The van der Waals surface area contributed by atoms with E-state index in [2.05, 4.69) is 0 Å². The summed E-state index contributed by atoms with van der Waals surface area (Å²) < 4.78 is 5.42. The van der Waals surface area contributed by atoms with E-state index < -0.39 is 5.60 Å². The molecule has 4 heteroatoms. The van der Waals surface area contributed by atoms with Crippen LogP contribution in [0, 0.1) is 0 Å². The van der Waals surface area contributed by atoms with E-state index >= 15 is 0 Å². The van der Waals surface area contributed by atoms with Crippen molar-refractivity contribution in [3.8, 4) is 5.75 Å². The minimum absolute atomic E-state index is 0.228. The summed E-state index contributed by atoms with van der Waals surface area (Å²) in [4.78, 5) is 0. The van der Waals surface area contributed by atoms with Gasteiger partial charge in [-0.3, -0.25) is 0 Å². The first-order valence-electron chi connectivity index (χ1n) is 4.84. The molecule has 0 saturated carbocycles. The van der Waals surface area contributed by atoms with Crippen LogP contribution in [0.15, 0.2) is 24.3 Å². The second-order valence-electron chi connectivity index (χ2n) is 3.76. The first-order chi connectivity index (χ1) is 7.03. The first-order valence-corrected chi connectivity index (χ1v) is 5.22. The average Bonchev–Trinajstić information content (AvgIpc) is 2.18. The van der Waals surface area contributed by atoms with Crippen LogP contribution in [0.2, 0.25) is 5.02 Å². The number of hydrogen-bond acceptors (Lipinski definition) is 3. The fourth-order valence-electron chi connectivity index (χ4n) is 1.05. The van der Waals surface area contributed by atoms with Crippen LogP contribution in [0.5, 0.6) is 5.75 Å². The Labute approximate surface area is 94.8 Å². The molecule has 0 radical (unpaired) electrons. The highest BCUT2D eigenvalue weighted by Gasteiger charge is 2.17. The summed E-state index contributed by atoms with van der Waals surface area (Å²) in [5.74, 6) is 0.704. The fraction of sp³-hybridized carbons (Fsp3) is 0.455. The van der Waals surface area contributed by atoms with Crippen molar-refractivity contribution in [1.82, 2.24) is 0 Å². The van der Waals surface area contributed by atoms with Gasteiger partial charge in [-0.05, 0) is 25.1 Å². The van der Waals surface area contributed by atoms with Gasteiger partial charge in [0.05, 0.1) is 12.2 Å². The van der Waals surface area contributed by atoms with Gasteiger partial charge in [-0.25, -0.2) is 0 Å². The maximum Gasteiger partial charge on any atom is 0.120 e. The van der Waals surface area contributed by atoms with Crippen molar-refractivity contribution in [2.24, 2.45) is 5.73 Å². The molecule has 0 aromatic heterocycles. The van der Waals surface area contributed by atoms with Crippen molar-refractivity contribution in [2.45, 2.75) is 18.9 Å². The molecule has 1 atom stereocenters. The van der Waals surface area contributed by atoms with E-state index in [0.29, 0.717) is 23.8 Å². The summed E-state index contributed by atoms with van der Waals surface area (Å²) in [5, 5.41) is 10.3. The summed E-state index contributed by atoms with van der Waals surface area (Å²) in [5.41, 5.74) is 4.52. The second-order valence-corrected chi connectivity index (χ2v) is 4.19. The summed E-state index contributed by atoms with van der Waals surface area (Å²) in [6.45, 7) is 2.34. The SMILES string of the molecule is CC(O)(CN)CCOc1cccc(Cl)c1. The lowest BCUT2D eigenvalue weighted by atomic mass is 10.0. The predicted molar refractivity (Wildman–Crippen MR) is 61.2 cm³/mol. The van der Waals surface area contributed by atoms with Gasteiger partial charge < -0.3 is 15.6 Å². The normalized spacial score (nSPS) is 14.7. The summed E-state index contributed by atoms with van der Waals surface area (Å²) in [6.07, 6.45) is 0.496. The molecule has 0 spiro atoms. The largest absolute Gasteiger partial charge is 0.493 e. The highest BCUT2D eigenvalue weighted by molar-refractivity contribution is 6.30. The van der Waals surface area contributed by atoms with E-state index in [1.165, 1.54) is 0 Å². The molecule has 0 aliphatic heterocycles. The van der Waals surface area contributed by atoms with Crippen LogP contribution in [0.4, 0.5) is 0 Å². The summed E-state index contributed by atoms with van der Waals surface area (Å²) in [7, 11) is 0. The number of rotatable bonds is 5. The quantitative estimate of drug-likeness (QED) is 0.810. The molecule has 1 aromatic carbocycles. The summed E-state index contributed by atoms with van der Waals surface area (Å²) >= 11 is 5.79. The van der Waals surface area contributed by atoms with Gasteiger partial charge in [-0.15, -0.1) is 0 Å². The number of nitrogens with two attached hydrogens (primary N) is 1. The van der Waals surface area contributed by atoms with Gasteiger partial charge >= 0.3 is 0 Å². The molecule has 3 N–H and O–H groups in total. The van der Waals surface area contributed by atoms with E-state index in [1.54, 1.807) is 19.1 Å². The lowest BCUT2D eigenvalue weighted by molar-refractivity contribution is 0.0453. The molecule has 0 aliphatic carbocycles. The minimum Gasteiger partial charge on any atom is -0.493 e. The Morgan fingerprint density at radius 2 is 2.27 bits per heavy atom. The van der Waals surface area contributed by atoms with Crippen molar-refractivity contribution < 1.29 is 9.84 Å². The molecular weight excluding hydrogens is 214 g/mol. The smallest absolute Gasteiger partial charge is 0.120 e. The van der Waals surface area contributed by atoms with Gasteiger partial charge in [0.25, 0.3) is 0 Å². The second kappa shape index (κ2) is 5.35. The molecule has 1 aromatic rings. The number of hydrogen-bond donors (Lipinski definition) is 2. The zero-order chi connectivity index (χ0) is 11.3. The lowest BCUT2D eigenvalue weighted by Crippen LogP contribution is -2.35. The van der Waals surface area contributed by atoms with Gasteiger partial charge in [-0.1, -0.05) is 17.7 Å². The van der Waals surface area contributed by atoms with Crippen molar-refractivity contribution in [1.29, 1.82) is 0 Å². The van der Waals surface area contributed by atoms with Crippen LogP contribution in [0.1, 0.15) is 13.3 Å². The topological polar surface area (TPSA) is 55.5 Å². The molecule has 3 nitrogen and oxygen atoms in total. The minimum atomic E-state index is -0.863. The van der Waals surface area contributed by atoms with Crippen LogP contribution in [0.3, 0.4) is 0 Å². The highest BCUT2D eigenvalue weighted by atomic mass is 35.5. The molecule has 0 bridgehead atoms. The Bertz CT molecular complexity index is 315. The third kappa shape index (κ3) is 4.51. The van der Waals surface area contributed by atoms with Gasteiger partial charge in [-0.2, -0.15) is 0 Å². The van der Waals surface area contributed by atoms with E-state index in [0.717, 1.165) is 0 Å². The molecule has 0 heterocycles. The Balaban J connectivity index is 2.38. The Morgan fingerprint density at radius 3 is 2.87 bits per heavy atom. The lowest BCUT2D eigenvalue weighted by Gasteiger charge is -2.20. The van der Waals surface area contributed by atoms with E-state index in [9.17, 15) is 5.11 Å². The van der Waals surface area contributed by atoms with Crippen molar-refractivity contribution in [3.63, 3.8) is 0 Å². The van der Waals surface area contributed by atoms with Gasteiger partial charge in [0.15, 0.2) is 0 Å². The Morgan fingerprint density at radius 1 is 1.53 bits per heavy atom. The van der Waals surface area contributed by atoms with Crippen LogP contribution in [0.25, 0.3) is 0 Å². The maximum absolute atomic E-state index is 9.62.